The number of ether oxygens (including phenoxy) is 1. The summed E-state index contributed by atoms with van der Waals surface area (Å²) in [5, 5.41) is 0.779. The average molecular weight is 274 g/mol. The summed E-state index contributed by atoms with van der Waals surface area (Å²) >= 11 is 11.8. The van der Waals surface area contributed by atoms with Crippen LogP contribution < -0.4 is 0 Å². The molecule has 0 aromatic heterocycles. The van der Waals surface area contributed by atoms with Crippen LogP contribution in [0.25, 0.3) is 0 Å². The average Bonchev–Trinajstić information content (AvgIpc) is 2.18. The lowest BCUT2D eigenvalue weighted by Crippen LogP contribution is -2.21. The van der Waals surface area contributed by atoms with Gasteiger partial charge in [-0.3, -0.25) is 0 Å². The molecule has 1 aromatic carbocycles. The van der Waals surface area contributed by atoms with Crippen LogP contribution in [-0.2, 0) is 4.74 Å². The van der Waals surface area contributed by atoms with E-state index in [1.165, 1.54) is 6.21 Å². The van der Waals surface area contributed by atoms with Gasteiger partial charge in [0, 0.05) is 11.8 Å². The third-order valence-corrected chi connectivity index (χ3v) is 2.52. The van der Waals surface area contributed by atoms with E-state index in [0.717, 1.165) is 0 Å². The van der Waals surface area contributed by atoms with Crippen LogP contribution in [0.2, 0.25) is 10.0 Å². The van der Waals surface area contributed by atoms with Gasteiger partial charge in [0.1, 0.15) is 5.60 Å². The fourth-order valence-electron chi connectivity index (χ4n) is 1.03. The molecular formula is C12H13Cl2NO2. The monoisotopic (exact) mass is 273 g/mol. The lowest BCUT2D eigenvalue weighted by molar-refractivity contribution is 0.0605. The molecule has 17 heavy (non-hydrogen) atoms. The molecule has 1 aromatic rings. The second kappa shape index (κ2) is 5.52. The molecule has 0 saturated carbocycles. The lowest BCUT2D eigenvalue weighted by atomic mass is 10.2. The lowest BCUT2D eigenvalue weighted by Gasteiger charge is -2.17. The number of nitrogens with zero attached hydrogens (tertiary/aromatic N) is 1. The number of aliphatic imine (C=N–C) groups is 1. The molecule has 0 fully saturated rings. The van der Waals surface area contributed by atoms with Crippen molar-refractivity contribution < 1.29 is 9.53 Å². The summed E-state index contributed by atoms with van der Waals surface area (Å²) in [4.78, 5) is 15.0. The van der Waals surface area contributed by atoms with Gasteiger partial charge in [-0.15, -0.1) is 0 Å². The maximum Gasteiger partial charge on any atom is 0.434 e. The molecule has 5 heteroatoms. The Morgan fingerprint density at radius 2 is 2.00 bits per heavy atom. The normalized spacial score (nSPS) is 11.8. The van der Waals surface area contributed by atoms with Crippen molar-refractivity contribution in [3.8, 4) is 0 Å². The third-order valence-electron chi connectivity index (χ3n) is 1.68. The summed E-state index contributed by atoms with van der Waals surface area (Å²) in [7, 11) is 0. The highest BCUT2D eigenvalue weighted by atomic mass is 35.5. The van der Waals surface area contributed by atoms with Crippen LogP contribution in [-0.4, -0.2) is 17.9 Å². The summed E-state index contributed by atoms with van der Waals surface area (Å²) < 4.78 is 5.02. The first-order valence-corrected chi connectivity index (χ1v) is 5.76. The molecule has 0 saturated heterocycles. The second-order valence-electron chi connectivity index (χ2n) is 4.38. The van der Waals surface area contributed by atoms with E-state index in [4.69, 9.17) is 27.9 Å². The Labute approximate surface area is 110 Å². The summed E-state index contributed by atoms with van der Waals surface area (Å²) in [6.07, 6.45) is 0.677. The van der Waals surface area contributed by atoms with Crippen molar-refractivity contribution in [2.75, 3.05) is 0 Å². The van der Waals surface area contributed by atoms with E-state index < -0.39 is 11.7 Å². The van der Waals surface area contributed by atoms with Gasteiger partial charge in [-0.1, -0.05) is 35.3 Å². The van der Waals surface area contributed by atoms with Crippen LogP contribution in [0, 0.1) is 0 Å². The number of rotatable bonds is 1. The minimum Gasteiger partial charge on any atom is -0.442 e. The highest BCUT2D eigenvalue weighted by molar-refractivity contribution is 6.43. The Hall–Kier alpha value is -1.06. The van der Waals surface area contributed by atoms with Crippen LogP contribution in [0.5, 0.6) is 0 Å². The summed E-state index contributed by atoms with van der Waals surface area (Å²) in [5.41, 5.74) is 0.0112. The predicted molar refractivity (Wildman–Crippen MR) is 70.3 cm³/mol. The Morgan fingerprint density at radius 1 is 1.35 bits per heavy atom. The molecule has 0 heterocycles. The number of halogens is 2. The van der Waals surface area contributed by atoms with Crippen LogP contribution in [0.3, 0.4) is 0 Å². The van der Waals surface area contributed by atoms with Crippen molar-refractivity contribution in [2.45, 2.75) is 26.4 Å². The highest BCUT2D eigenvalue weighted by Gasteiger charge is 2.15. The molecule has 3 nitrogen and oxygen atoms in total. The van der Waals surface area contributed by atoms with Gasteiger partial charge in [0.2, 0.25) is 0 Å². The van der Waals surface area contributed by atoms with E-state index in [2.05, 4.69) is 4.99 Å². The van der Waals surface area contributed by atoms with Gasteiger partial charge in [0.25, 0.3) is 0 Å². The number of benzene rings is 1. The number of amides is 1. The van der Waals surface area contributed by atoms with Gasteiger partial charge >= 0.3 is 6.09 Å². The molecule has 0 aliphatic heterocycles. The smallest absolute Gasteiger partial charge is 0.434 e. The minimum absolute atomic E-state index is 0.362. The standard InChI is InChI=1S/C12H13Cl2NO2/c1-12(2,3)17-11(16)15-7-8-5-4-6-9(13)10(8)14/h4-7H,1-3H3. The van der Waals surface area contributed by atoms with E-state index in [-0.39, 0.29) is 0 Å². The van der Waals surface area contributed by atoms with Crippen LogP contribution >= 0.6 is 23.2 Å². The Balaban J connectivity index is 2.78. The molecule has 0 bridgehead atoms. The first-order valence-electron chi connectivity index (χ1n) is 5.00. The molecule has 0 unspecified atom stereocenters. The van der Waals surface area contributed by atoms with Gasteiger partial charge in [-0.2, -0.15) is 4.99 Å². The molecule has 1 amide bonds. The number of carbonyl (C=O) groups is 1. The van der Waals surface area contributed by atoms with Crippen molar-refractivity contribution in [1.82, 2.24) is 0 Å². The minimum atomic E-state index is -0.659. The van der Waals surface area contributed by atoms with E-state index in [1.807, 2.05) is 0 Å². The van der Waals surface area contributed by atoms with Crippen molar-refractivity contribution in [3.05, 3.63) is 33.8 Å². The van der Waals surface area contributed by atoms with Crippen LogP contribution in [0.15, 0.2) is 23.2 Å². The Bertz CT molecular complexity index is 450. The van der Waals surface area contributed by atoms with Gasteiger partial charge in [-0.25, -0.2) is 4.79 Å². The van der Waals surface area contributed by atoms with E-state index in [1.54, 1.807) is 39.0 Å². The van der Waals surface area contributed by atoms with Gasteiger partial charge in [0.05, 0.1) is 10.0 Å². The van der Waals surface area contributed by atoms with Crippen molar-refractivity contribution in [2.24, 2.45) is 4.99 Å². The molecule has 92 valence electrons. The first kappa shape index (κ1) is 14.0. The Kier molecular flexibility index (Phi) is 4.54. The van der Waals surface area contributed by atoms with Crippen molar-refractivity contribution in [3.63, 3.8) is 0 Å². The maximum atomic E-state index is 11.3. The van der Waals surface area contributed by atoms with E-state index in [0.29, 0.717) is 15.6 Å². The summed E-state index contributed by atoms with van der Waals surface area (Å²) in [6.45, 7) is 5.31. The van der Waals surface area contributed by atoms with Crippen LogP contribution in [0.4, 0.5) is 4.79 Å². The molecule has 0 atom stereocenters. The zero-order valence-electron chi connectivity index (χ0n) is 9.83. The molecule has 0 N–H and O–H groups in total. The third kappa shape index (κ3) is 4.75. The highest BCUT2D eigenvalue weighted by Crippen LogP contribution is 2.24. The fraction of sp³-hybridized carbons (Fsp3) is 0.333. The molecular weight excluding hydrogens is 261 g/mol. The predicted octanol–water partition coefficient (Wildman–Crippen LogP) is 4.35. The van der Waals surface area contributed by atoms with Gasteiger partial charge in [-0.05, 0) is 26.8 Å². The Morgan fingerprint density at radius 3 is 2.59 bits per heavy atom. The van der Waals surface area contributed by atoms with Gasteiger partial charge < -0.3 is 4.74 Å². The fourth-order valence-corrected chi connectivity index (χ4v) is 1.39. The molecule has 0 spiro atoms. The molecule has 1 rings (SSSR count). The zero-order chi connectivity index (χ0) is 13.1. The van der Waals surface area contributed by atoms with Crippen molar-refractivity contribution >= 4 is 35.5 Å². The topological polar surface area (TPSA) is 38.7 Å². The molecule has 0 aliphatic rings. The van der Waals surface area contributed by atoms with Gasteiger partial charge in [0.15, 0.2) is 0 Å². The summed E-state index contributed by atoms with van der Waals surface area (Å²) in [6, 6.07) is 5.10. The molecule has 0 aliphatic carbocycles. The SMILES string of the molecule is CC(C)(C)OC(=O)N=Cc1cccc(Cl)c1Cl. The first-order chi connectivity index (χ1) is 7.79. The number of hydrogen-bond acceptors (Lipinski definition) is 2. The van der Waals surface area contributed by atoms with Crippen LogP contribution in [0.1, 0.15) is 26.3 Å². The van der Waals surface area contributed by atoms with Crippen molar-refractivity contribution in [1.29, 1.82) is 0 Å². The quantitative estimate of drug-likeness (QED) is 0.714. The number of carbonyl (C=O) groups excluding carboxylic acids is 1. The number of hydrogen-bond donors (Lipinski definition) is 0. The summed E-state index contributed by atoms with van der Waals surface area (Å²) in [5.74, 6) is 0. The van der Waals surface area contributed by atoms with E-state index >= 15 is 0 Å². The van der Waals surface area contributed by atoms with E-state index in [9.17, 15) is 4.79 Å². The molecule has 0 radical (unpaired) electrons. The zero-order valence-corrected chi connectivity index (χ0v) is 11.3. The second-order valence-corrected chi connectivity index (χ2v) is 5.17. The maximum absolute atomic E-state index is 11.3. The largest absolute Gasteiger partial charge is 0.442 e.